The topological polar surface area (TPSA) is 92.8 Å². The molecular weight excluding hydrogens is 550 g/mol. The lowest BCUT2D eigenvalue weighted by Crippen LogP contribution is -2.50. The first-order chi connectivity index (χ1) is 21.3. The Kier molecular flexibility index (Phi) is 8.75. The van der Waals surface area contributed by atoms with Crippen molar-refractivity contribution < 1.29 is 9.59 Å². The zero-order valence-corrected chi connectivity index (χ0v) is 26.3. The number of benzene rings is 2. The predicted molar refractivity (Wildman–Crippen MR) is 177 cm³/mol. The molecule has 0 radical (unpaired) electrons. The van der Waals surface area contributed by atoms with Crippen LogP contribution in [-0.4, -0.2) is 80.1 Å². The van der Waals surface area contributed by atoms with Gasteiger partial charge >= 0.3 is 0 Å². The quantitative estimate of drug-likeness (QED) is 0.351. The summed E-state index contributed by atoms with van der Waals surface area (Å²) in [4.78, 5) is 38.2. The molecule has 1 unspecified atom stereocenters. The molecule has 6 rings (SSSR count). The summed E-state index contributed by atoms with van der Waals surface area (Å²) in [6, 6.07) is 18.9. The zero-order chi connectivity index (χ0) is 30.8. The van der Waals surface area contributed by atoms with Gasteiger partial charge in [0, 0.05) is 74.5 Å². The van der Waals surface area contributed by atoms with E-state index >= 15 is 0 Å². The number of aromatic nitrogens is 1. The highest BCUT2D eigenvalue weighted by molar-refractivity contribution is 5.97. The van der Waals surface area contributed by atoms with Crippen LogP contribution in [0.3, 0.4) is 0 Å². The van der Waals surface area contributed by atoms with Crippen molar-refractivity contribution in [3.63, 3.8) is 0 Å². The summed E-state index contributed by atoms with van der Waals surface area (Å²) in [5, 5.41) is 9.61. The van der Waals surface area contributed by atoms with E-state index in [1.165, 1.54) is 5.69 Å². The maximum Gasteiger partial charge on any atom is 0.253 e. The number of pyridine rings is 1. The fourth-order valence-electron chi connectivity index (χ4n) is 7.16. The highest BCUT2D eigenvalue weighted by atomic mass is 16.2. The van der Waals surface area contributed by atoms with Crippen LogP contribution in [0, 0.1) is 6.92 Å². The largest absolute Gasteiger partial charge is 0.388 e. The molecule has 4 atom stereocenters. The molecule has 3 aromatic rings. The third kappa shape index (κ3) is 6.24. The molecular formula is C35H45N7O2. The number of likely N-dealkylation sites (N-methyl/N-ethyl adjacent to an activating group) is 1. The molecule has 3 fully saturated rings. The van der Waals surface area contributed by atoms with Crippen molar-refractivity contribution in [1.29, 1.82) is 0 Å². The van der Waals surface area contributed by atoms with Gasteiger partial charge in [0.1, 0.15) is 5.82 Å². The van der Waals surface area contributed by atoms with Crippen LogP contribution in [0.15, 0.2) is 60.8 Å². The van der Waals surface area contributed by atoms with Crippen molar-refractivity contribution in [2.75, 3.05) is 55.4 Å². The van der Waals surface area contributed by atoms with Gasteiger partial charge in [0.2, 0.25) is 0 Å². The Bertz CT molecular complexity index is 1450. The van der Waals surface area contributed by atoms with Gasteiger partial charge in [-0.3, -0.25) is 9.59 Å². The first-order valence-electron chi connectivity index (χ1n) is 16.0. The van der Waals surface area contributed by atoms with E-state index in [1.807, 2.05) is 51.2 Å². The molecule has 3 saturated heterocycles. The summed E-state index contributed by atoms with van der Waals surface area (Å²) in [6.45, 7) is 8.22. The van der Waals surface area contributed by atoms with Gasteiger partial charge in [-0.05, 0) is 94.1 Å². The predicted octanol–water partition coefficient (Wildman–Crippen LogP) is 4.60. The van der Waals surface area contributed by atoms with Crippen LogP contribution in [0.25, 0.3) is 0 Å². The summed E-state index contributed by atoms with van der Waals surface area (Å²) < 4.78 is 0. The maximum atomic E-state index is 13.1. The molecule has 0 saturated carbocycles. The van der Waals surface area contributed by atoms with Gasteiger partial charge in [0.15, 0.2) is 0 Å². The van der Waals surface area contributed by atoms with E-state index in [4.69, 9.17) is 4.98 Å². The molecule has 9 heteroatoms. The molecule has 1 aromatic heterocycles. The number of amides is 2. The lowest BCUT2D eigenvalue weighted by molar-refractivity contribution is 0.0922. The van der Waals surface area contributed by atoms with Crippen LogP contribution < -0.4 is 25.8 Å². The van der Waals surface area contributed by atoms with Crippen LogP contribution >= 0.6 is 0 Å². The van der Waals surface area contributed by atoms with E-state index in [2.05, 4.69) is 62.0 Å². The summed E-state index contributed by atoms with van der Waals surface area (Å²) in [5.41, 5.74) is 5.53. The van der Waals surface area contributed by atoms with E-state index in [9.17, 15) is 9.59 Å². The number of nitrogens with one attached hydrogen (secondary N) is 3. The van der Waals surface area contributed by atoms with Crippen molar-refractivity contribution in [3.05, 3.63) is 83.0 Å². The number of anilines is 3. The average molecular weight is 596 g/mol. The standard InChI is InChI=1S/C35H45N7O2/c1-23-31(6-5-7-32(23)36-3)35(44)39-27-20-29-13-14-30(21-27)42(29)33-15-10-26(22-37-33)34(43)38-24(2)25-8-11-28(12-9-25)41-18-16-40(4)17-19-41/h5-12,15,22,24,27,29-30,36H,13-14,16-21H2,1-4H3,(H,38,43)(H,39,44)/t24-,27?,29-,30+/m0/s1. The van der Waals surface area contributed by atoms with Crippen molar-refractivity contribution in [2.45, 2.75) is 63.7 Å². The van der Waals surface area contributed by atoms with Gasteiger partial charge in [-0.1, -0.05) is 18.2 Å². The first-order valence-corrected chi connectivity index (χ1v) is 16.0. The molecule has 4 heterocycles. The van der Waals surface area contributed by atoms with E-state index in [-0.39, 0.29) is 23.9 Å². The number of hydrogen-bond donors (Lipinski definition) is 3. The molecule has 3 aliphatic rings. The molecule has 2 amide bonds. The Morgan fingerprint density at radius 1 is 0.909 bits per heavy atom. The van der Waals surface area contributed by atoms with Crippen molar-refractivity contribution >= 4 is 29.0 Å². The molecule has 0 spiro atoms. The van der Waals surface area contributed by atoms with Crippen molar-refractivity contribution in [3.8, 4) is 0 Å². The minimum Gasteiger partial charge on any atom is -0.388 e. The lowest BCUT2D eigenvalue weighted by Gasteiger charge is -2.40. The summed E-state index contributed by atoms with van der Waals surface area (Å²) in [5.74, 6) is 0.775. The highest BCUT2D eigenvalue weighted by Crippen LogP contribution is 2.38. The fourth-order valence-corrected chi connectivity index (χ4v) is 7.16. The molecule has 9 nitrogen and oxygen atoms in total. The van der Waals surface area contributed by atoms with Crippen LogP contribution in [0.5, 0.6) is 0 Å². The number of rotatable bonds is 8. The second-order valence-electron chi connectivity index (χ2n) is 12.6. The molecule has 3 N–H and O–H groups in total. The summed E-state index contributed by atoms with van der Waals surface area (Å²) in [6.07, 6.45) is 5.64. The summed E-state index contributed by atoms with van der Waals surface area (Å²) in [7, 11) is 4.04. The number of piperazine rings is 1. The fraction of sp³-hybridized carbons (Fsp3) is 0.457. The molecule has 3 aliphatic heterocycles. The third-order valence-electron chi connectivity index (χ3n) is 9.80. The SMILES string of the molecule is CNc1cccc(C(=O)NC2C[C@H]3CC[C@@H](C2)N3c2ccc(C(=O)N[C@@H](C)c3ccc(N4CCN(C)CC4)cc3)cn2)c1C. The first kappa shape index (κ1) is 29.9. The van der Waals surface area contributed by atoms with Gasteiger partial charge in [-0.2, -0.15) is 0 Å². The van der Waals surface area contributed by atoms with Gasteiger partial charge in [0.25, 0.3) is 11.8 Å². The maximum absolute atomic E-state index is 13.1. The van der Waals surface area contributed by atoms with E-state index in [0.717, 1.165) is 80.1 Å². The van der Waals surface area contributed by atoms with Crippen LogP contribution in [0.1, 0.15) is 70.5 Å². The van der Waals surface area contributed by atoms with Gasteiger partial charge in [-0.15, -0.1) is 0 Å². The van der Waals surface area contributed by atoms with E-state index in [0.29, 0.717) is 17.6 Å². The number of nitrogens with zero attached hydrogens (tertiary/aromatic N) is 4. The van der Waals surface area contributed by atoms with Crippen LogP contribution in [-0.2, 0) is 0 Å². The number of carbonyl (C=O) groups excluding carboxylic acids is 2. The second kappa shape index (κ2) is 12.9. The Balaban J connectivity index is 1.03. The highest BCUT2D eigenvalue weighted by Gasteiger charge is 2.42. The minimum absolute atomic E-state index is 0.00820. The minimum atomic E-state index is -0.123. The lowest BCUT2D eigenvalue weighted by atomic mass is 9.96. The summed E-state index contributed by atoms with van der Waals surface area (Å²) >= 11 is 0. The van der Waals surface area contributed by atoms with Gasteiger partial charge < -0.3 is 30.7 Å². The molecule has 0 aliphatic carbocycles. The number of carbonyl (C=O) groups is 2. The van der Waals surface area contributed by atoms with E-state index in [1.54, 1.807) is 6.20 Å². The third-order valence-corrected chi connectivity index (χ3v) is 9.80. The van der Waals surface area contributed by atoms with Gasteiger partial charge in [0.05, 0.1) is 11.6 Å². The Labute approximate surface area is 261 Å². The number of piperidine rings is 1. The molecule has 2 bridgehead atoms. The number of fused-ring (bicyclic) bond motifs is 2. The van der Waals surface area contributed by atoms with Crippen LogP contribution in [0.2, 0.25) is 0 Å². The number of hydrogen-bond acceptors (Lipinski definition) is 7. The molecule has 44 heavy (non-hydrogen) atoms. The Hall–Kier alpha value is -4.11. The normalized spacial score (nSPS) is 22.4. The van der Waals surface area contributed by atoms with Crippen molar-refractivity contribution in [2.24, 2.45) is 0 Å². The van der Waals surface area contributed by atoms with Crippen molar-refractivity contribution in [1.82, 2.24) is 20.5 Å². The average Bonchev–Trinajstić information content (AvgIpc) is 3.31. The molecule has 232 valence electrons. The zero-order valence-electron chi connectivity index (χ0n) is 26.3. The smallest absolute Gasteiger partial charge is 0.253 e. The Morgan fingerprint density at radius 3 is 2.25 bits per heavy atom. The van der Waals surface area contributed by atoms with E-state index < -0.39 is 0 Å². The van der Waals surface area contributed by atoms with Crippen LogP contribution in [0.4, 0.5) is 17.2 Å². The second-order valence-corrected chi connectivity index (χ2v) is 12.6. The van der Waals surface area contributed by atoms with Gasteiger partial charge in [-0.25, -0.2) is 4.98 Å². The Morgan fingerprint density at radius 2 is 1.61 bits per heavy atom. The monoisotopic (exact) mass is 595 g/mol. The molecule has 2 aromatic carbocycles.